The van der Waals surface area contributed by atoms with Crippen molar-refractivity contribution < 1.29 is 27.5 Å². The van der Waals surface area contributed by atoms with Gasteiger partial charge in [-0.2, -0.15) is 0 Å². The number of furan rings is 1. The summed E-state index contributed by atoms with van der Waals surface area (Å²) in [4.78, 5) is 15.8. The van der Waals surface area contributed by atoms with Gasteiger partial charge in [0.15, 0.2) is 5.54 Å². The molecule has 10 heteroatoms. The highest BCUT2D eigenvalue weighted by atomic mass is 79.9. The summed E-state index contributed by atoms with van der Waals surface area (Å²) in [5, 5.41) is 2.44. The van der Waals surface area contributed by atoms with Gasteiger partial charge in [0.05, 0.1) is 11.1 Å². The second-order valence-corrected chi connectivity index (χ2v) is 6.42. The average molecular weight is 430 g/mol. The summed E-state index contributed by atoms with van der Waals surface area (Å²) in [6, 6.07) is 7.34. The van der Waals surface area contributed by atoms with E-state index in [2.05, 4.69) is 26.2 Å². The van der Waals surface area contributed by atoms with Crippen LogP contribution in [0.25, 0.3) is 0 Å². The van der Waals surface area contributed by atoms with Crippen LogP contribution in [-0.4, -0.2) is 31.6 Å². The van der Waals surface area contributed by atoms with Crippen molar-refractivity contribution in [2.45, 2.75) is 12.0 Å². The molecule has 0 saturated heterocycles. The molecule has 0 bridgehead atoms. The van der Waals surface area contributed by atoms with Crippen molar-refractivity contribution in [3.63, 3.8) is 0 Å². The van der Waals surface area contributed by atoms with Gasteiger partial charge in [-0.25, -0.2) is 13.6 Å². The van der Waals surface area contributed by atoms with Crippen LogP contribution >= 0.6 is 15.9 Å². The number of carbonyl (C=O) groups excluding carboxylic acids is 1. The highest BCUT2D eigenvalue weighted by Gasteiger charge is 2.44. The molecule has 1 aliphatic heterocycles. The fourth-order valence-electron chi connectivity index (χ4n) is 2.47. The van der Waals surface area contributed by atoms with Gasteiger partial charge in [-0.15, -0.1) is 0 Å². The molecule has 0 radical (unpaired) electrons. The van der Waals surface area contributed by atoms with E-state index in [1.165, 1.54) is 36.6 Å². The number of alkyl halides is 2. The van der Waals surface area contributed by atoms with Gasteiger partial charge < -0.3 is 19.6 Å². The summed E-state index contributed by atoms with van der Waals surface area (Å²) >= 11 is 3.16. The third-order valence-corrected chi connectivity index (χ3v) is 4.04. The van der Waals surface area contributed by atoms with Gasteiger partial charge in [-0.05, 0) is 33.6 Å². The number of amides is 1. The molecule has 7 nitrogen and oxygen atoms in total. The molecule has 0 spiro atoms. The number of hydrogen-bond donors (Lipinski definition) is 2. The number of nitrogens with one attached hydrogen (secondary N) is 1. The van der Waals surface area contributed by atoms with Crippen molar-refractivity contribution in [3.05, 3.63) is 46.6 Å². The molecule has 1 aliphatic rings. The van der Waals surface area contributed by atoms with Crippen LogP contribution in [0.2, 0.25) is 0 Å². The van der Waals surface area contributed by atoms with Gasteiger partial charge in [-0.3, -0.25) is 10.3 Å². The molecule has 0 aliphatic carbocycles. The SMILES string of the molecule is NC1=NC(c2cccc(NC(=O)Oc3cc(Br)co3)c2)(C(F)F)COC1. The molecule has 2 heterocycles. The molecule has 3 rings (SSSR count). The zero-order valence-electron chi connectivity index (χ0n) is 13.2. The predicted molar refractivity (Wildman–Crippen MR) is 92.6 cm³/mol. The van der Waals surface area contributed by atoms with E-state index in [1.54, 1.807) is 0 Å². The first kappa shape index (κ1) is 18.3. The van der Waals surface area contributed by atoms with Crippen molar-refractivity contribution in [1.29, 1.82) is 0 Å². The number of halogens is 3. The lowest BCUT2D eigenvalue weighted by Crippen LogP contribution is -2.44. The normalized spacial score (nSPS) is 19.9. The second-order valence-electron chi connectivity index (χ2n) is 5.50. The van der Waals surface area contributed by atoms with Crippen LogP contribution in [0.4, 0.5) is 19.3 Å². The highest BCUT2D eigenvalue weighted by Crippen LogP contribution is 2.36. The lowest BCUT2D eigenvalue weighted by molar-refractivity contribution is -0.0129. The Labute approximate surface area is 155 Å². The van der Waals surface area contributed by atoms with Crippen LogP contribution in [0.5, 0.6) is 5.95 Å². The lowest BCUT2D eigenvalue weighted by Gasteiger charge is -2.33. The van der Waals surface area contributed by atoms with Crippen LogP contribution in [0.1, 0.15) is 5.56 Å². The van der Waals surface area contributed by atoms with E-state index < -0.39 is 18.1 Å². The zero-order chi connectivity index (χ0) is 18.7. The first-order valence-corrected chi connectivity index (χ1v) is 8.22. The second kappa shape index (κ2) is 7.42. The van der Waals surface area contributed by atoms with Crippen molar-refractivity contribution in [2.24, 2.45) is 10.7 Å². The minimum absolute atomic E-state index is 0.00254. The Hall–Kier alpha value is -2.46. The smallest absolute Gasteiger partial charge is 0.419 e. The van der Waals surface area contributed by atoms with Crippen LogP contribution in [0.3, 0.4) is 0 Å². The largest absolute Gasteiger partial charge is 0.433 e. The number of rotatable bonds is 4. The minimum Gasteiger partial charge on any atom is -0.433 e. The number of benzene rings is 1. The minimum atomic E-state index is -2.84. The van der Waals surface area contributed by atoms with Gasteiger partial charge in [0, 0.05) is 11.8 Å². The Morgan fingerprint density at radius 3 is 2.88 bits per heavy atom. The molecule has 2 aromatic rings. The van der Waals surface area contributed by atoms with E-state index in [-0.39, 0.29) is 36.2 Å². The van der Waals surface area contributed by atoms with E-state index in [4.69, 9.17) is 19.6 Å². The van der Waals surface area contributed by atoms with E-state index in [0.29, 0.717) is 4.47 Å². The van der Waals surface area contributed by atoms with E-state index in [9.17, 15) is 13.6 Å². The van der Waals surface area contributed by atoms with Gasteiger partial charge in [0.1, 0.15) is 18.7 Å². The summed E-state index contributed by atoms with van der Waals surface area (Å²) in [6.07, 6.45) is -2.33. The van der Waals surface area contributed by atoms with Crippen LogP contribution < -0.4 is 15.8 Å². The summed E-state index contributed by atoms with van der Waals surface area (Å²) in [5.74, 6) is -0.0367. The summed E-state index contributed by atoms with van der Waals surface area (Å²) in [5.41, 5.74) is 4.07. The summed E-state index contributed by atoms with van der Waals surface area (Å²) in [6.45, 7) is -0.322. The first-order valence-electron chi connectivity index (χ1n) is 7.42. The van der Waals surface area contributed by atoms with Gasteiger partial charge in [0.25, 0.3) is 12.4 Å². The van der Waals surface area contributed by atoms with Crippen molar-refractivity contribution in [3.8, 4) is 5.95 Å². The molecular formula is C16H14BrF2N3O4. The number of amidine groups is 1. The number of anilines is 1. The third-order valence-electron chi connectivity index (χ3n) is 3.62. The van der Waals surface area contributed by atoms with E-state index in [1.807, 2.05) is 0 Å². The Kier molecular flexibility index (Phi) is 5.23. The topological polar surface area (TPSA) is 99.1 Å². The Balaban J connectivity index is 1.81. The molecule has 0 saturated carbocycles. The monoisotopic (exact) mass is 429 g/mol. The van der Waals surface area contributed by atoms with Crippen LogP contribution in [-0.2, 0) is 10.3 Å². The molecule has 1 atom stereocenters. The van der Waals surface area contributed by atoms with Gasteiger partial charge in [-0.1, -0.05) is 12.1 Å². The number of nitrogens with zero attached hydrogens (tertiary/aromatic N) is 1. The molecule has 1 aromatic carbocycles. The number of aliphatic imine (C=N–C) groups is 1. The fourth-order valence-corrected chi connectivity index (χ4v) is 2.75. The molecule has 26 heavy (non-hydrogen) atoms. The maximum Gasteiger partial charge on any atom is 0.419 e. The van der Waals surface area contributed by atoms with Gasteiger partial charge >= 0.3 is 6.09 Å². The average Bonchev–Trinajstić information content (AvgIpc) is 2.99. The molecule has 1 aromatic heterocycles. The number of ether oxygens (including phenoxy) is 2. The van der Waals surface area contributed by atoms with Gasteiger partial charge in [0.2, 0.25) is 0 Å². The highest BCUT2D eigenvalue weighted by molar-refractivity contribution is 9.10. The Bertz CT molecular complexity index is 842. The van der Waals surface area contributed by atoms with E-state index >= 15 is 0 Å². The first-order chi connectivity index (χ1) is 12.4. The summed E-state index contributed by atoms with van der Waals surface area (Å²) in [7, 11) is 0. The maximum atomic E-state index is 13.7. The Morgan fingerprint density at radius 2 is 2.23 bits per heavy atom. The summed E-state index contributed by atoms with van der Waals surface area (Å²) < 4.78 is 43.2. The van der Waals surface area contributed by atoms with Crippen LogP contribution in [0, 0.1) is 0 Å². The zero-order valence-corrected chi connectivity index (χ0v) is 14.8. The van der Waals surface area contributed by atoms with Crippen molar-refractivity contribution in [2.75, 3.05) is 18.5 Å². The molecule has 3 N–H and O–H groups in total. The molecule has 0 fully saturated rings. The maximum absolute atomic E-state index is 13.7. The standard InChI is InChI=1S/C16H14BrF2N3O4/c17-10-5-13(25-6-10)26-15(23)21-11-3-1-2-9(4-11)16(14(18)19)8-24-7-12(20)22-16/h1-6,14H,7-8H2,(H2,20,22)(H,21,23). The van der Waals surface area contributed by atoms with Crippen LogP contribution in [0.15, 0.2) is 50.5 Å². The third kappa shape index (κ3) is 3.86. The quantitative estimate of drug-likeness (QED) is 0.774. The number of hydrogen-bond acceptors (Lipinski definition) is 6. The molecule has 138 valence electrons. The predicted octanol–water partition coefficient (Wildman–Crippen LogP) is 3.50. The number of nitrogens with two attached hydrogens (primary N) is 1. The molecule has 1 amide bonds. The van der Waals surface area contributed by atoms with E-state index in [0.717, 1.165) is 0 Å². The van der Waals surface area contributed by atoms with Crippen molar-refractivity contribution >= 4 is 33.5 Å². The Morgan fingerprint density at radius 1 is 1.42 bits per heavy atom. The molecular weight excluding hydrogens is 416 g/mol. The fraction of sp³-hybridized carbons (Fsp3) is 0.250. The van der Waals surface area contributed by atoms with Crippen molar-refractivity contribution in [1.82, 2.24) is 0 Å². The lowest BCUT2D eigenvalue weighted by atomic mass is 9.90. The number of carbonyl (C=O) groups is 1. The molecule has 1 unspecified atom stereocenters.